The Hall–Kier alpha value is -3.25. The number of nitrogens with zero attached hydrogens (tertiary/aromatic N) is 1. The van der Waals surface area contributed by atoms with Crippen LogP contribution >= 0.6 is 0 Å². The Bertz CT molecular complexity index is 958. The highest BCUT2D eigenvalue weighted by Gasteiger charge is 2.26. The number of nitrogens with two attached hydrogens (primary N) is 2. The summed E-state index contributed by atoms with van der Waals surface area (Å²) in [5.41, 5.74) is 14.3. The molecule has 0 radical (unpaired) electrons. The monoisotopic (exact) mass is 404 g/mol. The maximum absolute atomic E-state index is 7.80. The molecule has 1 heterocycles. The zero-order valence-electron chi connectivity index (χ0n) is 18.0. The van der Waals surface area contributed by atoms with Crippen molar-refractivity contribution in [2.45, 2.75) is 32.7 Å². The maximum atomic E-state index is 7.80. The van der Waals surface area contributed by atoms with Crippen LogP contribution in [0.2, 0.25) is 0 Å². The van der Waals surface area contributed by atoms with Gasteiger partial charge in [0.25, 0.3) is 0 Å². The van der Waals surface area contributed by atoms with Crippen molar-refractivity contribution < 1.29 is 0 Å². The minimum atomic E-state index is 0.0671. The average molecular weight is 405 g/mol. The molecule has 0 spiro atoms. The van der Waals surface area contributed by atoms with Crippen LogP contribution in [0.25, 0.3) is 11.3 Å². The van der Waals surface area contributed by atoms with Crippen molar-refractivity contribution in [2.75, 3.05) is 18.9 Å². The van der Waals surface area contributed by atoms with Crippen molar-refractivity contribution in [3.05, 3.63) is 76.6 Å². The highest BCUT2D eigenvalue weighted by atomic mass is 15.4. The summed E-state index contributed by atoms with van der Waals surface area (Å²) in [6.07, 6.45) is 4.76. The fourth-order valence-corrected chi connectivity index (χ4v) is 3.83. The molecule has 1 unspecified atom stereocenters. The second kappa shape index (κ2) is 9.50. The maximum Gasteiger partial charge on any atom is 0.0780 e. The lowest BCUT2D eigenvalue weighted by Crippen LogP contribution is -2.31. The third-order valence-electron chi connectivity index (χ3n) is 5.49. The number of benzene rings is 2. The lowest BCUT2D eigenvalue weighted by molar-refractivity contribution is 0.401. The summed E-state index contributed by atoms with van der Waals surface area (Å²) < 4.78 is 0. The van der Waals surface area contributed by atoms with Gasteiger partial charge < -0.3 is 26.8 Å². The van der Waals surface area contributed by atoms with Crippen molar-refractivity contribution in [1.29, 1.82) is 5.41 Å². The molecule has 1 aliphatic rings. The molecule has 0 aromatic heterocycles. The number of hydrogen-bond acceptors (Lipinski definition) is 6. The van der Waals surface area contributed by atoms with Crippen LogP contribution in [0.3, 0.4) is 0 Å². The van der Waals surface area contributed by atoms with Gasteiger partial charge in [0.15, 0.2) is 0 Å². The molecule has 0 fully saturated rings. The van der Waals surface area contributed by atoms with Crippen molar-refractivity contribution in [1.82, 2.24) is 10.3 Å². The Balaban J connectivity index is 2.14. The minimum absolute atomic E-state index is 0.0671. The van der Waals surface area contributed by atoms with Crippen molar-refractivity contribution in [3.63, 3.8) is 0 Å². The predicted molar refractivity (Wildman–Crippen MR) is 127 cm³/mol. The molecule has 1 atom stereocenters. The van der Waals surface area contributed by atoms with Crippen LogP contribution in [0.5, 0.6) is 0 Å². The van der Waals surface area contributed by atoms with Gasteiger partial charge in [0.1, 0.15) is 0 Å². The minimum Gasteiger partial charge on any atom is -0.400 e. The summed E-state index contributed by atoms with van der Waals surface area (Å²) in [6.45, 7) is 4.81. The molecule has 0 amide bonds. The van der Waals surface area contributed by atoms with Gasteiger partial charge in [0.2, 0.25) is 0 Å². The van der Waals surface area contributed by atoms with Gasteiger partial charge in [-0.25, -0.2) is 5.84 Å². The van der Waals surface area contributed by atoms with Gasteiger partial charge in [-0.3, -0.25) is 0 Å². The fraction of sp³-hybridized carbons (Fsp3) is 0.292. The van der Waals surface area contributed by atoms with E-state index in [-0.39, 0.29) is 6.04 Å². The van der Waals surface area contributed by atoms with Gasteiger partial charge in [-0.05, 0) is 49.1 Å². The number of nitrogens with one attached hydrogen (secondary N) is 3. The molecule has 6 nitrogen and oxygen atoms in total. The Morgan fingerprint density at radius 2 is 1.97 bits per heavy atom. The first-order valence-corrected chi connectivity index (χ1v) is 10.3. The highest BCUT2D eigenvalue weighted by molar-refractivity contribution is 6.08. The molecular formula is C24H32N6. The first-order valence-electron chi connectivity index (χ1n) is 10.3. The molecule has 2 aromatic rings. The first-order chi connectivity index (χ1) is 14.5. The summed E-state index contributed by atoms with van der Waals surface area (Å²) >= 11 is 0. The van der Waals surface area contributed by atoms with Crippen molar-refractivity contribution >= 4 is 23.2 Å². The Morgan fingerprint density at radius 3 is 2.60 bits per heavy atom. The van der Waals surface area contributed by atoms with Crippen LogP contribution in [0.4, 0.5) is 5.69 Å². The molecule has 7 N–H and O–H groups in total. The molecule has 0 aliphatic carbocycles. The molecule has 0 bridgehead atoms. The number of hydrazine groups is 1. The van der Waals surface area contributed by atoms with Gasteiger partial charge in [0.05, 0.1) is 11.7 Å². The first kappa shape index (κ1) is 21.5. The van der Waals surface area contributed by atoms with Crippen LogP contribution in [-0.2, 0) is 0 Å². The third kappa shape index (κ3) is 4.49. The smallest absolute Gasteiger partial charge is 0.0780 e. The van der Waals surface area contributed by atoms with Gasteiger partial charge in [-0.2, -0.15) is 0 Å². The van der Waals surface area contributed by atoms with Crippen LogP contribution in [0, 0.1) is 12.3 Å². The third-order valence-corrected chi connectivity index (χ3v) is 5.49. The van der Waals surface area contributed by atoms with Crippen LogP contribution in [-0.4, -0.2) is 24.8 Å². The Labute approximate surface area is 179 Å². The molecular weight excluding hydrogens is 372 g/mol. The lowest BCUT2D eigenvalue weighted by Gasteiger charge is -2.23. The lowest BCUT2D eigenvalue weighted by atomic mass is 9.92. The van der Waals surface area contributed by atoms with Gasteiger partial charge in [-0.15, -0.1) is 0 Å². The van der Waals surface area contributed by atoms with E-state index in [1.807, 2.05) is 26.2 Å². The number of fused-ring (bicyclic) bond motifs is 1. The van der Waals surface area contributed by atoms with Gasteiger partial charge in [-0.1, -0.05) is 36.8 Å². The van der Waals surface area contributed by atoms with Crippen molar-refractivity contribution in [3.8, 4) is 0 Å². The van der Waals surface area contributed by atoms with E-state index < -0.39 is 0 Å². The Kier molecular flexibility index (Phi) is 6.79. The van der Waals surface area contributed by atoms with E-state index in [9.17, 15) is 0 Å². The van der Waals surface area contributed by atoms with Crippen LogP contribution < -0.4 is 22.2 Å². The number of allylic oxidation sites excluding steroid dienone is 2. The van der Waals surface area contributed by atoms with E-state index in [0.29, 0.717) is 6.54 Å². The van der Waals surface area contributed by atoms with E-state index in [0.717, 1.165) is 52.2 Å². The largest absolute Gasteiger partial charge is 0.400 e. The normalized spacial score (nSPS) is 18.3. The topological polar surface area (TPSA) is 103 Å². The standard InChI is InChI=1S/C24H32N6/c1-4-22(26)24-20-10-7-17(18(14-25)15-28-3)13-21(20)23(11-12-30(24)27)29-19-8-5-16(2)6-9-19/h5-10,13-15,23,25,28-29H,4,11-12,26-27H2,1-3H3/b18-15+,24-22-,25-14?. The van der Waals surface area contributed by atoms with Gasteiger partial charge >= 0.3 is 0 Å². The average Bonchev–Trinajstić information content (AvgIpc) is 2.89. The molecule has 2 aromatic carbocycles. The molecule has 30 heavy (non-hydrogen) atoms. The SMILES string of the molecule is CC/C(N)=C1\c2ccc(/C(C=N)=C/NC)cc2C(Nc2ccc(C)cc2)CCN1N. The van der Waals surface area contributed by atoms with E-state index in [1.54, 1.807) is 5.01 Å². The van der Waals surface area contributed by atoms with E-state index in [1.165, 1.54) is 11.8 Å². The van der Waals surface area contributed by atoms with Gasteiger partial charge in [0, 0.05) is 48.5 Å². The van der Waals surface area contributed by atoms with Crippen LogP contribution in [0.15, 0.2) is 54.4 Å². The molecule has 6 heteroatoms. The molecule has 3 rings (SSSR count). The number of rotatable bonds is 6. The quantitative estimate of drug-likeness (QED) is 0.370. The van der Waals surface area contributed by atoms with E-state index in [4.69, 9.17) is 17.0 Å². The summed E-state index contributed by atoms with van der Waals surface area (Å²) in [5.74, 6) is 6.43. The molecule has 0 saturated carbocycles. The molecule has 0 saturated heterocycles. The van der Waals surface area contributed by atoms with E-state index >= 15 is 0 Å². The molecule has 158 valence electrons. The number of hydrogen-bond donors (Lipinski definition) is 5. The zero-order valence-corrected chi connectivity index (χ0v) is 18.0. The number of aryl methyl sites for hydroxylation is 1. The number of anilines is 1. The second-order valence-electron chi connectivity index (χ2n) is 7.61. The summed E-state index contributed by atoms with van der Waals surface area (Å²) in [5, 5.41) is 16.3. The summed E-state index contributed by atoms with van der Waals surface area (Å²) in [6, 6.07) is 14.7. The second-order valence-corrected chi connectivity index (χ2v) is 7.61. The molecule has 1 aliphatic heterocycles. The Morgan fingerprint density at radius 1 is 1.23 bits per heavy atom. The fourth-order valence-electron chi connectivity index (χ4n) is 3.83. The summed E-state index contributed by atoms with van der Waals surface area (Å²) in [4.78, 5) is 0. The van der Waals surface area contributed by atoms with Crippen molar-refractivity contribution in [2.24, 2.45) is 11.6 Å². The highest BCUT2D eigenvalue weighted by Crippen LogP contribution is 2.36. The predicted octanol–water partition coefficient (Wildman–Crippen LogP) is 3.97. The van der Waals surface area contributed by atoms with E-state index in [2.05, 4.69) is 54.0 Å². The zero-order chi connectivity index (χ0) is 21.7. The van der Waals surface area contributed by atoms with Crippen LogP contribution in [0.1, 0.15) is 48.1 Å². The summed E-state index contributed by atoms with van der Waals surface area (Å²) in [7, 11) is 1.84.